The molecule has 6 nitrogen and oxygen atoms in total. The second kappa shape index (κ2) is 9.65. The summed E-state index contributed by atoms with van der Waals surface area (Å²) in [5, 5.41) is 6.65. The van der Waals surface area contributed by atoms with Gasteiger partial charge in [0.2, 0.25) is 0 Å². The van der Waals surface area contributed by atoms with Crippen LogP contribution in [0.25, 0.3) is 16.8 Å². The van der Waals surface area contributed by atoms with E-state index in [0.29, 0.717) is 16.5 Å². The number of hydrogen-bond donors (Lipinski definition) is 0. The van der Waals surface area contributed by atoms with Gasteiger partial charge < -0.3 is 19.1 Å². The minimum atomic E-state index is 0.285. The molecule has 0 radical (unpaired) electrons. The van der Waals surface area contributed by atoms with Crippen LogP contribution in [0.3, 0.4) is 0 Å². The summed E-state index contributed by atoms with van der Waals surface area (Å²) in [4.78, 5) is 2.52. The zero-order valence-corrected chi connectivity index (χ0v) is 20.9. The van der Waals surface area contributed by atoms with E-state index < -0.39 is 0 Å². The Bertz CT molecular complexity index is 1120. The van der Waals surface area contributed by atoms with Crippen molar-refractivity contribution >= 4 is 34.6 Å². The van der Waals surface area contributed by atoms with Crippen LogP contribution in [0.2, 0.25) is 5.02 Å². The zero-order valence-electron chi connectivity index (χ0n) is 19.3. The van der Waals surface area contributed by atoms with Gasteiger partial charge in [-0.05, 0) is 62.1 Å². The molecule has 1 saturated heterocycles. The number of anilines is 1. The van der Waals surface area contributed by atoms with Gasteiger partial charge in [0, 0.05) is 24.7 Å². The van der Waals surface area contributed by atoms with Crippen molar-refractivity contribution in [1.29, 1.82) is 0 Å². The Morgan fingerprint density at radius 1 is 1.15 bits per heavy atom. The Hall–Kier alpha value is -2.09. The number of halogens is 1. The van der Waals surface area contributed by atoms with E-state index in [1.165, 1.54) is 18.5 Å². The van der Waals surface area contributed by atoms with Gasteiger partial charge in [0.15, 0.2) is 0 Å². The van der Waals surface area contributed by atoms with Crippen molar-refractivity contribution in [2.24, 2.45) is 5.92 Å². The smallest absolute Gasteiger partial charge is 0.142 e. The van der Waals surface area contributed by atoms with Gasteiger partial charge in [-0.3, -0.25) is 0 Å². The molecule has 0 spiro atoms. The lowest BCUT2D eigenvalue weighted by molar-refractivity contribution is 0.115. The van der Waals surface area contributed by atoms with E-state index in [2.05, 4.69) is 23.3 Å². The second-order valence-corrected chi connectivity index (χ2v) is 9.97. The topological polar surface area (TPSA) is 48.2 Å². The predicted molar refractivity (Wildman–Crippen MR) is 134 cm³/mol. The van der Waals surface area contributed by atoms with Crippen LogP contribution < -0.4 is 14.4 Å². The number of thioether (sulfide) groups is 1. The van der Waals surface area contributed by atoms with E-state index in [1.54, 1.807) is 26.0 Å². The van der Waals surface area contributed by atoms with Gasteiger partial charge in [0.25, 0.3) is 0 Å². The van der Waals surface area contributed by atoms with Gasteiger partial charge in [-0.1, -0.05) is 17.7 Å². The first-order chi connectivity index (χ1) is 16.1. The highest BCUT2D eigenvalue weighted by molar-refractivity contribution is 7.98. The molecule has 3 heterocycles. The highest BCUT2D eigenvalue weighted by Crippen LogP contribution is 2.43. The SMILES string of the molecule is COc1cc(Cl)cc(OC)c1-c1cccc2c(N(CC3CC3)CC3CCCO3)c(SC)nn12. The molecule has 1 saturated carbocycles. The summed E-state index contributed by atoms with van der Waals surface area (Å²) in [7, 11) is 3.30. The molecule has 1 atom stereocenters. The summed E-state index contributed by atoms with van der Waals surface area (Å²) in [5.41, 5.74) is 4.01. The summed E-state index contributed by atoms with van der Waals surface area (Å²) in [6, 6.07) is 9.90. The molecule has 2 aliphatic rings. The van der Waals surface area contributed by atoms with Gasteiger partial charge in [0.05, 0.1) is 42.8 Å². The number of pyridine rings is 1. The molecule has 1 aliphatic carbocycles. The van der Waals surface area contributed by atoms with E-state index in [1.807, 2.05) is 22.7 Å². The molecule has 0 amide bonds. The van der Waals surface area contributed by atoms with Gasteiger partial charge in [-0.2, -0.15) is 5.10 Å². The Balaban J connectivity index is 1.66. The first-order valence-corrected chi connectivity index (χ1v) is 13.1. The summed E-state index contributed by atoms with van der Waals surface area (Å²) in [6.07, 6.45) is 7.26. The van der Waals surface area contributed by atoms with Gasteiger partial charge >= 0.3 is 0 Å². The number of nitrogens with zero attached hydrogens (tertiary/aromatic N) is 3. The fourth-order valence-corrected chi connectivity index (χ4v) is 5.48. The first kappa shape index (κ1) is 22.7. The maximum atomic E-state index is 6.31. The van der Waals surface area contributed by atoms with Gasteiger partial charge in [-0.25, -0.2) is 4.52 Å². The molecule has 8 heteroatoms. The lowest BCUT2D eigenvalue weighted by Gasteiger charge is -2.27. The number of fused-ring (bicyclic) bond motifs is 1. The van der Waals surface area contributed by atoms with Crippen molar-refractivity contribution in [2.45, 2.75) is 36.8 Å². The molecule has 1 aromatic carbocycles. The quantitative estimate of drug-likeness (QED) is 0.356. The number of hydrogen-bond acceptors (Lipinski definition) is 6. The Morgan fingerprint density at radius 2 is 1.91 bits per heavy atom. The van der Waals surface area contributed by atoms with Crippen molar-refractivity contribution < 1.29 is 14.2 Å². The summed E-state index contributed by atoms with van der Waals surface area (Å²) in [5.74, 6) is 2.07. The molecule has 0 N–H and O–H groups in total. The summed E-state index contributed by atoms with van der Waals surface area (Å²) in [6.45, 7) is 2.82. The standard InChI is InChI=1S/C25H30ClN3O3S/c1-30-21-12-17(26)13-22(31-2)23(21)19-7-4-8-20-24(25(33-3)27-29(19)20)28(14-16-9-10-16)15-18-6-5-11-32-18/h4,7-8,12-13,16,18H,5-6,9-11,14-15H2,1-3H3. The average Bonchev–Trinajstić information content (AvgIpc) is 3.34. The minimum Gasteiger partial charge on any atom is -0.496 e. The largest absolute Gasteiger partial charge is 0.496 e. The van der Waals surface area contributed by atoms with Crippen LogP contribution in [0, 0.1) is 5.92 Å². The molecular weight excluding hydrogens is 458 g/mol. The predicted octanol–water partition coefficient (Wildman–Crippen LogP) is 5.79. The number of benzene rings is 1. The first-order valence-electron chi connectivity index (χ1n) is 11.5. The maximum Gasteiger partial charge on any atom is 0.142 e. The Kier molecular flexibility index (Phi) is 6.63. The second-order valence-electron chi connectivity index (χ2n) is 8.73. The Labute approximate surface area is 204 Å². The molecule has 3 aromatic rings. The van der Waals surface area contributed by atoms with Crippen LogP contribution in [0.5, 0.6) is 11.5 Å². The molecule has 33 heavy (non-hydrogen) atoms. The number of methoxy groups -OCH3 is 2. The summed E-state index contributed by atoms with van der Waals surface area (Å²) < 4.78 is 19.4. The van der Waals surface area contributed by atoms with Gasteiger partial charge in [-0.15, -0.1) is 11.8 Å². The molecule has 1 aliphatic heterocycles. The van der Waals surface area contributed by atoms with E-state index in [4.69, 9.17) is 30.9 Å². The third-order valence-corrected chi connectivity index (χ3v) is 7.34. The number of aromatic nitrogens is 2. The van der Waals surface area contributed by atoms with Crippen molar-refractivity contribution in [3.8, 4) is 22.8 Å². The third-order valence-electron chi connectivity index (χ3n) is 6.46. The number of rotatable bonds is 9. The van der Waals surface area contributed by atoms with Crippen LogP contribution in [0.1, 0.15) is 25.7 Å². The lowest BCUT2D eigenvalue weighted by Crippen LogP contribution is -2.34. The normalized spacial score (nSPS) is 18.1. The third kappa shape index (κ3) is 4.51. The van der Waals surface area contributed by atoms with Crippen LogP contribution in [0.15, 0.2) is 35.4 Å². The monoisotopic (exact) mass is 487 g/mol. The van der Waals surface area contributed by atoms with Crippen molar-refractivity contribution in [3.05, 3.63) is 35.4 Å². The van der Waals surface area contributed by atoms with Gasteiger partial charge in [0.1, 0.15) is 16.5 Å². The highest BCUT2D eigenvalue weighted by atomic mass is 35.5. The zero-order chi connectivity index (χ0) is 22.9. The van der Waals surface area contributed by atoms with Crippen molar-refractivity contribution in [2.75, 3.05) is 45.1 Å². The van der Waals surface area contributed by atoms with E-state index in [9.17, 15) is 0 Å². The molecular formula is C25H30ClN3O3S. The summed E-state index contributed by atoms with van der Waals surface area (Å²) >= 11 is 7.99. The fraction of sp³-hybridized carbons (Fsp3) is 0.480. The molecule has 2 fully saturated rings. The van der Waals surface area contributed by atoms with E-state index >= 15 is 0 Å². The minimum absolute atomic E-state index is 0.285. The average molecular weight is 488 g/mol. The van der Waals surface area contributed by atoms with Crippen LogP contribution in [-0.2, 0) is 4.74 Å². The lowest BCUT2D eigenvalue weighted by atomic mass is 10.1. The van der Waals surface area contributed by atoms with Crippen LogP contribution in [-0.4, -0.2) is 55.9 Å². The van der Waals surface area contributed by atoms with Crippen LogP contribution >= 0.6 is 23.4 Å². The maximum absolute atomic E-state index is 6.31. The fourth-order valence-electron chi connectivity index (χ4n) is 4.70. The van der Waals surface area contributed by atoms with E-state index in [-0.39, 0.29) is 6.10 Å². The molecule has 5 rings (SSSR count). The number of ether oxygens (including phenoxy) is 3. The van der Waals surface area contributed by atoms with Crippen molar-refractivity contribution in [3.63, 3.8) is 0 Å². The van der Waals surface area contributed by atoms with Crippen molar-refractivity contribution in [1.82, 2.24) is 9.61 Å². The van der Waals surface area contributed by atoms with E-state index in [0.717, 1.165) is 60.3 Å². The molecule has 2 aromatic heterocycles. The Morgan fingerprint density at radius 3 is 2.52 bits per heavy atom. The van der Waals surface area contributed by atoms with Crippen LogP contribution in [0.4, 0.5) is 5.69 Å². The molecule has 176 valence electrons. The highest BCUT2D eigenvalue weighted by Gasteiger charge is 2.31. The molecule has 0 bridgehead atoms. The molecule has 1 unspecified atom stereocenters.